The highest BCUT2D eigenvalue weighted by Crippen LogP contribution is 2.34. The fourth-order valence-corrected chi connectivity index (χ4v) is 5.69. The number of hydrogen-bond donors (Lipinski definition) is 1. The van der Waals surface area contributed by atoms with Crippen molar-refractivity contribution in [3.8, 4) is 11.5 Å². The average Bonchev–Trinajstić information content (AvgIpc) is 3.38. The third-order valence-electron chi connectivity index (χ3n) is 5.91. The van der Waals surface area contributed by atoms with E-state index in [-0.39, 0.29) is 31.4 Å². The van der Waals surface area contributed by atoms with E-state index in [9.17, 15) is 13.2 Å². The zero-order chi connectivity index (χ0) is 24.5. The van der Waals surface area contributed by atoms with Crippen LogP contribution in [0.15, 0.2) is 47.4 Å². The predicted molar refractivity (Wildman–Crippen MR) is 126 cm³/mol. The maximum Gasteiger partial charge on any atom is 0.355 e. The Morgan fingerprint density at radius 1 is 1.06 bits per heavy atom. The second-order valence-electron chi connectivity index (χ2n) is 8.18. The zero-order valence-electron chi connectivity index (χ0n) is 19.7. The van der Waals surface area contributed by atoms with Gasteiger partial charge < -0.3 is 19.2 Å². The van der Waals surface area contributed by atoms with Crippen LogP contribution in [0.5, 0.6) is 11.5 Å². The lowest BCUT2D eigenvalue weighted by Crippen LogP contribution is -2.31. The Bertz CT molecular complexity index is 1330. The van der Waals surface area contributed by atoms with Crippen LogP contribution in [0.1, 0.15) is 45.4 Å². The van der Waals surface area contributed by atoms with Gasteiger partial charge >= 0.3 is 5.97 Å². The van der Waals surface area contributed by atoms with Crippen molar-refractivity contribution >= 4 is 16.0 Å². The van der Waals surface area contributed by atoms with Crippen molar-refractivity contribution in [2.45, 2.75) is 45.7 Å². The molecule has 2 heterocycles. The fourth-order valence-electron chi connectivity index (χ4n) is 4.06. The summed E-state index contributed by atoms with van der Waals surface area (Å²) in [5, 5.41) is 0. The third-order valence-corrected chi connectivity index (χ3v) is 7.87. The molecule has 34 heavy (non-hydrogen) atoms. The Morgan fingerprint density at radius 2 is 1.79 bits per heavy atom. The number of aryl methyl sites for hydroxylation is 2. The van der Waals surface area contributed by atoms with E-state index in [4.69, 9.17) is 14.2 Å². The number of carbonyl (C=O) groups is 1. The maximum atomic E-state index is 13.8. The highest BCUT2D eigenvalue weighted by molar-refractivity contribution is 7.89. The van der Waals surface area contributed by atoms with Crippen molar-refractivity contribution in [2.75, 3.05) is 13.4 Å². The number of nitrogens with one attached hydrogen (secondary N) is 1. The number of carbonyl (C=O) groups excluding carboxylic acids is 1. The molecule has 9 heteroatoms. The Hall–Kier alpha value is -3.30. The molecule has 0 spiro atoms. The molecule has 1 aromatic heterocycles. The highest BCUT2D eigenvalue weighted by Gasteiger charge is 2.29. The topological polar surface area (TPSA) is 97.9 Å². The van der Waals surface area contributed by atoms with Crippen molar-refractivity contribution in [3.05, 3.63) is 76.1 Å². The SMILES string of the molecule is CCOC(=O)c1[nH]c(C)c(CN(Cc2ccc3c(c2)OCO3)S(=O)(=O)c2ccccc2C)c1C. The lowest BCUT2D eigenvalue weighted by Gasteiger charge is -2.24. The molecule has 0 fully saturated rings. The summed E-state index contributed by atoms with van der Waals surface area (Å²) in [5.74, 6) is 0.760. The number of ether oxygens (including phenoxy) is 3. The number of nitrogens with zero attached hydrogens (tertiary/aromatic N) is 1. The molecule has 1 aliphatic heterocycles. The van der Waals surface area contributed by atoms with Gasteiger partial charge in [-0.3, -0.25) is 0 Å². The van der Waals surface area contributed by atoms with Gasteiger partial charge in [0.05, 0.1) is 11.5 Å². The minimum absolute atomic E-state index is 0.0820. The minimum Gasteiger partial charge on any atom is -0.461 e. The number of H-pyrrole nitrogens is 1. The van der Waals surface area contributed by atoms with Crippen LogP contribution in [0.3, 0.4) is 0 Å². The molecule has 8 nitrogen and oxygen atoms in total. The van der Waals surface area contributed by atoms with E-state index in [0.717, 1.165) is 16.8 Å². The standard InChI is InChI=1S/C25H28N2O6S/c1-5-31-25(28)24-17(3)20(18(4)26-24)14-27(34(29,30)23-9-7-6-8-16(23)2)13-19-10-11-21-22(12-19)33-15-32-21/h6-12,26H,5,13-15H2,1-4H3. The molecule has 4 rings (SSSR count). The summed E-state index contributed by atoms with van der Waals surface area (Å²) < 4.78 is 45.1. The van der Waals surface area contributed by atoms with Gasteiger partial charge in [0.15, 0.2) is 11.5 Å². The number of aromatic nitrogens is 1. The van der Waals surface area contributed by atoms with Gasteiger partial charge in [-0.05, 0) is 68.1 Å². The van der Waals surface area contributed by atoms with Crippen LogP contribution in [0.2, 0.25) is 0 Å². The van der Waals surface area contributed by atoms with E-state index in [1.54, 1.807) is 51.1 Å². The van der Waals surface area contributed by atoms with Crippen LogP contribution in [-0.2, 0) is 27.8 Å². The van der Waals surface area contributed by atoms with Crippen molar-refractivity contribution < 1.29 is 27.4 Å². The van der Waals surface area contributed by atoms with Gasteiger partial charge in [0, 0.05) is 18.8 Å². The second-order valence-corrected chi connectivity index (χ2v) is 10.1. The zero-order valence-corrected chi connectivity index (χ0v) is 20.5. The van der Waals surface area contributed by atoms with Crippen molar-refractivity contribution in [1.29, 1.82) is 0 Å². The molecule has 2 aromatic carbocycles. The molecule has 0 radical (unpaired) electrons. The second kappa shape index (κ2) is 9.52. The van der Waals surface area contributed by atoms with Crippen LogP contribution in [0, 0.1) is 20.8 Å². The highest BCUT2D eigenvalue weighted by atomic mass is 32.2. The maximum absolute atomic E-state index is 13.8. The van der Waals surface area contributed by atoms with Crippen molar-refractivity contribution in [2.24, 2.45) is 0 Å². The lowest BCUT2D eigenvalue weighted by molar-refractivity contribution is 0.0519. The average molecular weight is 485 g/mol. The number of sulfonamides is 1. The molecule has 3 aromatic rings. The number of fused-ring (bicyclic) bond motifs is 1. The first-order chi connectivity index (χ1) is 16.2. The Labute approximate surface area is 199 Å². The van der Waals surface area contributed by atoms with E-state index >= 15 is 0 Å². The van der Waals surface area contributed by atoms with Crippen molar-refractivity contribution in [1.82, 2.24) is 9.29 Å². The van der Waals surface area contributed by atoms with E-state index in [2.05, 4.69) is 4.98 Å². The van der Waals surface area contributed by atoms with Gasteiger partial charge in [0.25, 0.3) is 0 Å². The van der Waals surface area contributed by atoms with Gasteiger partial charge in [-0.15, -0.1) is 0 Å². The number of benzene rings is 2. The summed E-state index contributed by atoms with van der Waals surface area (Å²) in [6, 6.07) is 12.3. The Morgan fingerprint density at radius 3 is 2.53 bits per heavy atom. The first-order valence-electron chi connectivity index (χ1n) is 11.0. The summed E-state index contributed by atoms with van der Waals surface area (Å²) >= 11 is 0. The summed E-state index contributed by atoms with van der Waals surface area (Å²) in [7, 11) is -3.87. The number of rotatable bonds is 8. The smallest absolute Gasteiger partial charge is 0.355 e. The summed E-state index contributed by atoms with van der Waals surface area (Å²) in [4.78, 5) is 15.7. The molecule has 0 bridgehead atoms. The Balaban J connectivity index is 1.74. The molecule has 1 aliphatic rings. The van der Waals surface area contributed by atoms with E-state index in [1.807, 2.05) is 19.1 Å². The molecular formula is C25H28N2O6S. The van der Waals surface area contributed by atoms with E-state index in [0.29, 0.717) is 28.3 Å². The summed E-state index contributed by atoms with van der Waals surface area (Å²) in [6.07, 6.45) is 0. The molecule has 0 amide bonds. The molecule has 0 saturated carbocycles. The van der Waals surface area contributed by atoms with Crippen LogP contribution in [0.4, 0.5) is 0 Å². The normalized spacial score (nSPS) is 12.9. The first kappa shape index (κ1) is 23.8. The van der Waals surface area contributed by atoms with Crippen LogP contribution >= 0.6 is 0 Å². The van der Waals surface area contributed by atoms with E-state index < -0.39 is 16.0 Å². The molecular weight excluding hydrogens is 456 g/mol. The van der Waals surface area contributed by atoms with Gasteiger partial charge in [-0.1, -0.05) is 24.3 Å². The monoisotopic (exact) mass is 484 g/mol. The molecule has 0 atom stereocenters. The molecule has 180 valence electrons. The molecule has 1 N–H and O–H groups in total. The van der Waals surface area contributed by atoms with Gasteiger partial charge in [0.2, 0.25) is 16.8 Å². The van der Waals surface area contributed by atoms with Crippen molar-refractivity contribution in [3.63, 3.8) is 0 Å². The Kier molecular flexibility index (Phi) is 6.67. The van der Waals surface area contributed by atoms with Gasteiger partial charge in [-0.25, -0.2) is 13.2 Å². The van der Waals surface area contributed by atoms with Crippen LogP contribution in [0.25, 0.3) is 0 Å². The quantitative estimate of drug-likeness (QED) is 0.481. The van der Waals surface area contributed by atoms with Crippen LogP contribution in [-0.4, -0.2) is 37.1 Å². The molecule has 0 aliphatic carbocycles. The summed E-state index contributed by atoms with van der Waals surface area (Å²) in [6.45, 7) is 7.73. The third kappa shape index (κ3) is 4.53. The molecule has 0 unspecified atom stereocenters. The number of esters is 1. The number of hydrogen-bond acceptors (Lipinski definition) is 6. The van der Waals surface area contributed by atoms with Gasteiger partial charge in [-0.2, -0.15) is 4.31 Å². The van der Waals surface area contributed by atoms with Gasteiger partial charge in [0.1, 0.15) is 5.69 Å². The lowest BCUT2D eigenvalue weighted by atomic mass is 10.1. The predicted octanol–water partition coefficient (Wildman–Crippen LogP) is 4.24. The summed E-state index contributed by atoms with van der Waals surface area (Å²) in [5.41, 5.74) is 3.89. The number of aromatic amines is 1. The van der Waals surface area contributed by atoms with E-state index in [1.165, 1.54) is 4.31 Å². The fraction of sp³-hybridized carbons (Fsp3) is 0.320. The largest absolute Gasteiger partial charge is 0.461 e. The first-order valence-corrected chi connectivity index (χ1v) is 12.5. The molecule has 0 saturated heterocycles. The minimum atomic E-state index is -3.87. The van der Waals surface area contributed by atoms with Crippen LogP contribution < -0.4 is 9.47 Å².